The number of carbonyl (C=O) groups is 1. The molecule has 0 fully saturated rings. The van der Waals surface area contributed by atoms with Crippen molar-refractivity contribution in [2.45, 2.75) is 4.90 Å². The maximum atomic E-state index is 13.4. The molecule has 34 heavy (non-hydrogen) atoms. The lowest BCUT2D eigenvalue weighted by Gasteiger charge is -2.24. The van der Waals surface area contributed by atoms with Gasteiger partial charge in [-0.05, 0) is 42.5 Å². The third kappa shape index (κ3) is 4.66. The number of methoxy groups -OCH3 is 1. The van der Waals surface area contributed by atoms with Gasteiger partial charge >= 0.3 is 0 Å². The van der Waals surface area contributed by atoms with Gasteiger partial charge in [0.15, 0.2) is 5.69 Å². The molecule has 0 radical (unpaired) electrons. The summed E-state index contributed by atoms with van der Waals surface area (Å²) in [4.78, 5) is 15.6. The van der Waals surface area contributed by atoms with E-state index in [0.29, 0.717) is 10.9 Å². The molecule has 174 valence electrons. The van der Waals surface area contributed by atoms with Crippen LogP contribution in [0.2, 0.25) is 0 Å². The molecule has 4 aromatic rings. The number of aromatic nitrogens is 1. The van der Waals surface area contributed by atoms with Crippen molar-refractivity contribution in [2.24, 2.45) is 10.2 Å². The average molecular weight is 543 g/mol. The molecule has 11 heteroatoms. The zero-order chi connectivity index (χ0) is 24.3. The minimum Gasteiger partial charge on any atom is -0.495 e. The normalized spacial score (nSPS) is 11.7. The number of benzene rings is 3. The Morgan fingerprint density at radius 2 is 1.79 bits per heavy atom. The molecule has 0 saturated heterocycles. The Hall–Kier alpha value is -3.70. The van der Waals surface area contributed by atoms with E-state index in [1.807, 2.05) is 0 Å². The predicted octanol–water partition coefficient (Wildman–Crippen LogP) is 5.15. The fourth-order valence-corrected chi connectivity index (χ4v) is 5.16. The number of aromatic amines is 1. The highest BCUT2D eigenvalue weighted by atomic mass is 79.9. The first-order valence-corrected chi connectivity index (χ1v) is 12.2. The number of aromatic hydroxyl groups is 1. The second kappa shape index (κ2) is 9.65. The van der Waals surface area contributed by atoms with Crippen molar-refractivity contribution >= 4 is 54.1 Å². The maximum Gasteiger partial charge on any atom is 0.285 e. The van der Waals surface area contributed by atoms with Gasteiger partial charge in [-0.1, -0.05) is 46.3 Å². The summed E-state index contributed by atoms with van der Waals surface area (Å²) in [5.74, 6) is -0.830. The van der Waals surface area contributed by atoms with Crippen molar-refractivity contribution in [1.29, 1.82) is 0 Å². The molecule has 0 bridgehead atoms. The monoisotopic (exact) mass is 542 g/mol. The average Bonchev–Trinajstić information content (AvgIpc) is 3.15. The van der Waals surface area contributed by atoms with E-state index in [4.69, 9.17) is 4.74 Å². The van der Waals surface area contributed by atoms with Crippen molar-refractivity contribution in [3.05, 3.63) is 77.3 Å². The third-order valence-electron chi connectivity index (χ3n) is 4.94. The van der Waals surface area contributed by atoms with Crippen LogP contribution < -0.4 is 9.04 Å². The Kier molecular flexibility index (Phi) is 6.66. The number of hydrogen-bond donors (Lipinski definition) is 2. The topological polar surface area (TPSA) is 124 Å². The second-order valence-electron chi connectivity index (χ2n) is 7.10. The number of halogens is 1. The van der Waals surface area contributed by atoms with E-state index in [-0.39, 0.29) is 27.9 Å². The molecule has 0 saturated carbocycles. The molecule has 0 spiro atoms. The molecule has 0 unspecified atom stereocenters. The lowest BCUT2D eigenvalue weighted by atomic mass is 10.2. The Balaban J connectivity index is 1.71. The van der Waals surface area contributed by atoms with E-state index in [2.05, 4.69) is 31.1 Å². The Labute approximate surface area is 203 Å². The van der Waals surface area contributed by atoms with E-state index < -0.39 is 22.5 Å². The van der Waals surface area contributed by atoms with Crippen molar-refractivity contribution in [3.63, 3.8) is 0 Å². The second-order valence-corrected chi connectivity index (χ2v) is 9.88. The molecule has 9 nitrogen and oxygen atoms in total. The van der Waals surface area contributed by atoms with Gasteiger partial charge in [0.2, 0.25) is 5.88 Å². The van der Waals surface area contributed by atoms with Crippen molar-refractivity contribution in [2.75, 3.05) is 18.0 Å². The van der Waals surface area contributed by atoms with Crippen LogP contribution in [0.1, 0.15) is 0 Å². The molecule has 0 atom stereocenters. The van der Waals surface area contributed by atoms with Gasteiger partial charge in [0.1, 0.15) is 12.3 Å². The van der Waals surface area contributed by atoms with Crippen LogP contribution in [0.5, 0.6) is 11.6 Å². The molecule has 1 aromatic heterocycles. The lowest BCUT2D eigenvalue weighted by Crippen LogP contribution is -2.35. The first-order valence-electron chi connectivity index (χ1n) is 9.97. The number of ether oxygens (including phenoxy) is 1. The number of amides is 1. The van der Waals surface area contributed by atoms with Gasteiger partial charge in [0.25, 0.3) is 15.9 Å². The van der Waals surface area contributed by atoms with E-state index in [1.165, 1.54) is 25.3 Å². The van der Waals surface area contributed by atoms with Gasteiger partial charge in [-0.2, -0.15) is 0 Å². The van der Waals surface area contributed by atoms with Gasteiger partial charge in [-0.25, -0.2) is 8.42 Å². The van der Waals surface area contributed by atoms with Gasteiger partial charge in [-0.3, -0.25) is 9.10 Å². The summed E-state index contributed by atoms with van der Waals surface area (Å²) in [7, 11) is -2.72. The number of azo groups is 1. The minimum absolute atomic E-state index is 0.00441. The standard InChI is InChI=1S/C23H19BrN4O5S/c1-33-20-10-6-5-9-19(20)28(34(31,32)16-7-3-2-4-8-16)14-21(29)26-27-22-17-13-15(24)11-12-18(17)25-23(22)30/h2-13,25,30H,14H2,1H3. The third-order valence-corrected chi connectivity index (χ3v) is 7.21. The van der Waals surface area contributed by atoms with E-state index in [9.17, 15) is 18.3 Å². The SMILES string of the molecule is COc1ccccc1N(CC(=O)N=Nc1c(O)[nH]c2ccc(Br)cc12)S(=O)(=O)c1ccccc1. The fraction of sp³-hybridized carbons (Fsp3) is 0.0870. The number of hydrogen-bond acceptors (Lipinski definition) is 6. The summed E-state index contributed by atoms with van der Waals surface area (Å²) in [5.41, 5.74) is 0.847. The summed E-state index contributed by atoms with van der Waals surface area (Å²) in [6.45, 7) is -0.631. The minimum atomic E-state index is -4.13. The molecule has 4 rings (SSSR count). The maximum absolute atomic E-state index is 13.4. The number of sulfonamides is 1. The van der Waals surface area contributed by atoms with Crippen LogP contribution in [0.15, 0.2) is 92.4 Å². The highest BCUT2D eigenvalue weighted by molar-refractivity contribution is 9.10. The number of nitrogens with one attached hydrogen (secondary N) is 1. The highest BCUT2D eigenvalue weighted by Crippen LogP contribution is 2.37. The fourth-order valence-electron chi connectivity index (χ4n) is 3.35. The molecule has 0 aliphatic heterocycles. The summed E-state index contributed by atoms with van der Waals surface area (Å²) < 4.78 is 33.9. The number of para-hydroxylation sites is 2. The van der Waals surface area contributed by atoms with E-state index in [1.54, 1.807) is 54.6 Å². The van der Waals surface area contributed by atoms with Gasteiger partial charge in [-0.15, -0.1) is 10.2 Å². The Morgan fingerprint density at radius 1 is 1.09 bits per heavy atom. The molecular formula is C23H19BrN4O5S. The molecule has 1 heterocycles. The summed E-state index contributed by atoms with van der Waals surface area (Å²) in [5, 5.41) is 18.3. The zero-order valence-electron chi connectivity index (χ0n) is 17.8. The Morgan fingerprint density at radius 3 is 2.53 bits per heavy atom. The molecule has 3 aromatic carbocycles. The molecule has 2 N–H and O–H groups in total. The number of fused-ring (bicyclic) bond motifs is 1. The highest BCUT2D eigenvalue weighted by Gasteiger charge is 2.29. The smallest absolute Gasteiger partial charge is 0.285 e. The van der Waals surface area contributed by atoms with Crippen LogP contribution in [-0.2, 0) is 14.8 Å². The number of carbonyl (C=O) groups excluding carboxylic acids is 1. The van der Waals surface area contributed by atoms with Gasteiger partial charge in [0.05, 0.1) is 23.2 Å². The largest absolute Gasteiger partial charge is 0.495 e. The number of rotatable bonds is 7. The van der Waals surface area contributed by atoms with Crippen molar-refractivity contribution < 1.29 is 23.1 Å². The number of H-pyrrole nitrogens is 1. The van der Waals surface area contributed by atoms with Crippen LogP contribution >= 0.6 is 15.9 Å². The molecular weight excluding hydrogens is 524 g/mol. The summed E-state index contributed by atoms with van der Waals surface area (Å²) in [6.07, 6.45) is 0. The van der Waals surface area contributed by atoms with Gasteiger partial charge in [0, 0.05) is 9.86 Å². The van der Waals surface area contributed by atoms with Gasteiger partial charge < -0.3 is 14.8 Å². The quantitative estimate of drug-likeness (QED) is 0.312. The zero-order valence-corrected chi connectivity index (χ0v) is 20.2. The van der Waals surface area contributed by atoms with Crippen molar-refractivity contribution in [3.8, 4) is 11.6 Å². The van der Waals surface area contributed by atoms with Crippen molar-refractivity contribution in [1.82, 2.24) is 4.98 Å². The van der Waals surface area contributed by atoms with Crippen LogP contribution in [0, 0.1) is 0 Å². The first-order chi connectivity index (χ1) is 16.3. The van der Waals surface area contributed by atoms with Crippen LogP contribution in [0.25, 0.3) is 10.9 Å². The number of anilines is 1. The Bertz CT molecular complexity index is 1490. The predicted molar refractivity (Wildman–Crippen MR) is 131 cm³/mol. The molecule has 0 aliphatic rings. The van der Waals surface area contributed by atoms with E-state index >= 15 is 0 Å². The molecule has 1 amide bonds. The number of nitrogens with zero attached hydrogens (tertiary/aromatic N) is 3. The lowest BCUT2D eigenvalue weighted by molar-refractivity contribution is -0.116. The summed E-state index contributed by atoms with van der Waals surface area (Å²) >= 11 is 3.35. The van der Waals surface area contributed by atoms with Crippen LogP contribution in [-0.4, -0.2) is 38.1 Å². The molecule has 0 aliphatic carbocycles. The van der Waals surface area contributed by atoms with Crippen LogP contribution in [0.4, 0.5) is 11.4 Å². The summed E-state index contributed by atoms with van der Waals surface area (Å²) in [6, 6.07) is 19.4. The van der Waals surface area contributed by atoms with Crippen LogP contribution in [0.3, 0.4) is 0 Å². The van der Waals surface area contributed by atoms with E-state index in [0.717, 1.165) is 8.78 Å². The first kappa shape index (κ1) is 23.5.